The van der Waals surface area contributed by atoms with E-state index in [4.69, 9.17) is 23.2 Å². The predicted octanol–water partition coefficient (Wildman–Crippen LogP) is 4.87. The first-order valence-electron chi connectivity index (χ1n) is 9.72. The van der Waals surface area contributed by atoms with Crippen LogP contribution < -0.4 is 4.90 Å². The van der Waals surface area contributed by atoms with Crippen molar-refractivity contribution < 1.29 is 14.0 Å². The van der Waals surface area contributed by atoms with Crippen LogP contribution in [0.15, 0.2) is 36.4 Å². The van der Waals surface area contributed by atoms with Crippen molar-refractivity contribution in [2.75, 3.05) is 11.4 Å². The largest absolute Gasteiger partial charge is 0.357 e. The second-order valence-corrected chi connectivity index (χ2v) is 8.60. The van der Waals surface area contributed by atoms with Gasteiger partial charge in [-0.15, -0.1) is 0 Å². The Morgan fingerprint density at radius 3 is 2.73 bits per heavy atom. The minimum atomic E-state index is -0.584. The van der Waals surface area contributed by atoms with E-state index in [2.05, 4.69) is 4.98 Å². The van der Waals surface area contributed by atoms with E-state index in [0.29, 0.717) is 28.7 Å². The topological polar surface area (TPSA) is 56.4 Å². The standard InChI is InChI=1S/C22H18Cl2FN3O2/c1-11-21-14(15-9-13(25)3-5-17(15)26-21)6-7-27(11)19-10-20(29)28(22(19)30)18-8-12(23)2-4-16(18)24/h2-5,8-9,11,19,26H,6-7,10H2,1H3. The number of amides is 2. The zero-order chi connectivity index (χ0) is 21.2. The smallest absolute Gasteiger partial charge is 0.251 e. The maximum Gasteiger partial charge on any atom is 0.251 e. The van der Waals surface area contributed by atoms with E-state index in [1.165, 1.54) is 12.1 Å². The molecule has 3 aromatic rings. The summed E-state index contributed by atoms with van der Waals surface area (Å²) in [5, 5.41) is 1.57. The Morgan fingerprint density at radius 1 is 1.13 bits per heavy atom. The fourth-order valence-corrected chi connectivity index (χ4v) is 5.05. The number of rotatable bonds is 2. The second kappa shape index (κ2) is 7.08. The minimum absolute atomic E-state index is 0.0796. The van der Waals surface area contributed by atoms with Gasteiger partial charge < -0.3 is 4.98 Å². The SMILES string of the molecule is CC1c2[nH]c3ccc(F)cc3c2CCN1C1CC(=O)N(c2cc(Cl)ccc2Cl)C1=O. The van der Waals surface area contributed by atoms with Crippen LogP contribution in [-0.4, -0.2) is 34.3 Å². The number of halogens is 3. The lowest BCUT2D eigenvalue weighted by atomic mass is 9.96. The number of aromatic amines is 1. The van der Waals surface area contributed by atoms with Gasteiger partial charge in [0.1, 0.15) is 5.82 Å². The maximum absolute atomic E-state index is 13.7. The van der Waals surface area contributed by atoms with Gasteiger partial charge in [-0.2, -0.15) is 0 Å². The molecule has 30 heavy (non-hydrogen) atoms. The molecule has 3 heterocycles. The number of H-pyrrole nitrogens is 1. The summed E-state index contributed by atoms with van der Waals surface area (Å²) in [7, 11) is 0. The molecule has 2 aliphatic rings. The summed E-state index contributed by atoms with van der Waals surface area (Å²) in [5.74, 6) is -0.877. The zero-order valence-electron chi connectivity index (χ0n) is 16.1. The van der Waals surface area contributed by atoms with E-state index in [1.54, 1.807) is 24.3 Å². The first kappa shape index (κ1) is 19.5. The molecule has 0 aliphatic carbocycles. The Morgan fingerprint density at radius 2 is 1.93 bits per heavy atom. The van der Waals surface area contributed by atoms with Crippen LogP contribution in [0.1, 0.15) is 30.6 Å². The summed E-state index contributed by atoms with van der Waals surface area (Å²) >= 11 is 12.3. The van der Waals surface area contributed by atoms with Crippen LogP contribution in [0.3, 0.4) is 0 Å². The molecule has 1 fully saturated rings. The average molecular weight is 446 g/mol. The Bertz CT molecular complexity index is 1210. The van der Waals surface area contributed by atoms with Crippen molar-refractivity contribution in [2.24, 2.45) is 0 Å². The number of carbonyl (C=O) groups excluding carboxylic acids is 2. The number of hydrogen-bond donors (Lipinski definition) is 1. The van der Waals surface area contributed by atoms with Crippen molar-refractivity contribution >= 4 is 51.6 Å². The lowest BCUT2D eigenvalue weighted by Crippen LogP contribution is -2.46. The highest BCUT2D eigenvalue weighted by molar-refractivity contribution is 6.37. The Kier molecular flexibility index (Phi) is 4.61. The fraction of sp³-hybridized carbons (Fsp3) is 0.273. The molecular formula is C22H18Cl2FN3O2. The molecule has 2 aliphatic heterocycles. The summed E-state index contributed by atoms with van der Waals surface area (Å²) in [6, 6.07) is 8.72. The van der Waals surface area contributed by atoms with Gasteiger partial charge in [0, 0.05) is 34.2 Å². The number of nitrogens with zero attached hydrogens (tertiary/aromatic N) is 2. The van der Waals surface area contributed by atoms with Gasteiger partial charge >= 0.3 is 0 Å². The van der Waals surface area contributed by atoms with Crippen molar-refractivity contribution in [1.82, 2.24) is 9.88 Å². The third kappa shape index (κ3) is 2.94. The molecule has 0 spiro atoms. The highest BCUT2D eigenvalue weighted by Crippen LogP contribution is 2.39. The summed E-state index contributed by atoms with van der Waals surface area (Å²) in [6.45, 7) is 2.59. The summed E-state index contributed by atoms with van der Waals surface area (Å²) in [5.41, 5.74) is 3.21. The molecule has 5 nitrogen and oxygen atoms in total. The molecule has 1 N–H and O–H groups in total. The molecule has 0 saturated carbocycles. The van der Waals surface area contributed by atoms with Gasteiger partial charge in [0.15, 0.2) is 0 Å². The molecule has 2 unspecified atom stereocenters. The predicted molar refractivity (Wildman–Crippen MR) is 114 cm³/mol. The van der Waals surface area contributed by atoms with Gasteiger partial charge in [0.25, 0.3) is 5.91 Å². The van der Waals surface area contributed by atoms with Gasteiger partial charge in [-0.1, -0.05) is 23.2 Å². The number of aromatic nitrogens is 1. The Balaban J connectivity index is 1.48. The van der Waals surface area contributed by atoms with Crippen molar-refractivity contribution in [3.05, 3.63) is 63.5 Å². The van der Waals surface area contributed by atoms with Gasteiger partial charge in [-0.3, -0.25) is 14.5 Å². The summed E-state index contributed by atoms with van der Waals surface area (Å²) in [4.78, 5) is 32.6. The van der Waals surface area contributed by atoms with Crippen LogP contribution in [0.5, 0.6) is 0 Å². The molecule has 1 aromatic heterocycles. The molecule has 2 amide bonds. The van der Waals surface area contributed by atoms with E-state index in [0.717, 1.165) is 27.1 Å². The molecule has 1 saturated heterocycles. The molecule has 2 atom stereocenters. The number of benzene rings is 2. The van der Waals surface area contributed by atoms with E-state index in [-0.39, 0.29) is 30.1 Å². The Labute approximate surface area is 182 Å². The van der Waals surface area contributed by atoms with Crippen molar-refractivity contribution in [3.63, 3.8) is 0 Å². The summed E-state index contributed by atoms with van der Waals surface area (Å²) in [6.07, 6.45) is 0.745. The monoisotopic (exact) mass is 445 g/mol. The third-order valence-corrected chi connectivity index (χ3v) is 6.66. The van der Waals surface area contributed by atoms with Crippen LogP contribution in [0.4, 0.5) is 10.1 Å². The third-order valence-electron chi connectivity index (χ3n) is 6.11. The lowest BCUT2D eigenvalue weighted by molar-refractivity contribution is -0.123. The maximum atomic E-state index is 13.7. The fourth-order valence-electron chi connectivity index (χ4n) is 4.68. The van der Waals surface area contributed by atoms with E-state index >= 15 is 0 Å². The lowest BCUT2D eigenvalue weighted by Gasteiger charge is -2.36. The van der Waals surface area contributed by atoms with Crippen molar-refractivity contribution in [1.29, 1.82) is 0 Å². The number of imide groups is 1. The number of fused-ring (bicyclic) bond motifs is 3. The molecule has 8 heteroatoms. The molecule has 154 valence electrons. The van der Waals surface area contributed by atoms with Crippen molar-refractivity contribution in [2.45, 2.75) is 31.8 Å². The molecular weight excluding hydrogens is 428 g/mol. The van der Waals surface area contributed by atoms with Crippen LogP contribution in [-0.2, 0) is 16.0 Å². The van der Waals surface area contributed by atoms with E-state index in [1.807, 2.05) is 11.8 Å². The number of nitrogens with one attached hydrogen (secondary N) is 1. The summed E-state index contributed by atoms with van der Waals surface area (Å²) < 4.78 is 13.7. The second-order valence-electron chi connectivity index (χ2n) is 7.75. The van der Waals surface area contributed by atoms with E-state index < -0.39 is 6.04 Å². The molecule has 0 radical (unpaired) electrons. The van der Waals surface area contributed by atoms with Crippen molar-refractivity contribution in [3.8, 4) is 0 Å². The average Bonchev–Trinajstić information content (AvgIpc) is 3.22. The Hall–Kier alpha value is -2.41. The molecule has 0 bridgehead atoms. The van der Waals surface area contributed by atoms with E-state index in [9.17, 15) is 14.0 Å². The number of hydrogen-bond acceptors (Lipinski definition) is 3. The van der Waals surface area contributed by atoms with Crippen LogP contribution in [0.25, 0.3) is 10.9 Å². The normalized spacial score (nSPS) is 22.2. The highest BCUT2D eigenvalue weighted by atomic mass is 35.5. The highest BCUT2D eigenvalue weighted by Gasteiger charge is 2.46. The minimum Gasteiger partial charge on any atom is -0.357 e. The first-order chi connectivity index (χ1) is 14.3. The number of carbonyl (C=O) groups is 2. The first-order valence-corrected chi connectivity index (χ1v) is 10.5. The number of anilines is 1. The van der Waals surface area contributed by atoms with Gasteiger partial charge in [0.2, 0.25) is 5.91 Å². The molecule has 5 rings (SSSR count). The van der Waals surface area contributed by atoms with Crippen LogP contribution >= 0.6 is 23.2 Å². The van der Waals surface area contributed by atoms with Gasteiger partial charge in [-0.05, 0) is 55.3 Å². The van der Waals surface area contributed by atoms with Crippen LogP contribution in [0.2, 0.25) is 10.0 Å². The van der Waals surface area contributed by atoms with Gasteiger partial charge in [0.05, 0.1) is 23.2 Å². The zero-order valence-corrected chi connectivity index (χ0v) is 17.6. The van der Waals surface area contributed by atoms with Gasteiger partial charge in [-0.25, -0.2) is 9.29 Å². The molecule has 2 aromatic carbocycles. The van der Waals surface area contributed by atoms with Crippen LogP contribution in [0, 0.1) is 5.82 Å². The quantitative estimate of drug-likeness (QED) is 0.572.